The third-order valence-electron chi connectivity index (χ3n) is 3.05. The van der Waals surface area contributed by atoms with Gasteiger partial charge >= 0.3 is 0 Å². The highest BCUT2D eigenvalue weighted by Gasteiger charge is 2.38. The second kappa shape index (κ2) is 3.67. The molecule has 1 atom stereocenters. The third kappa shape index (κ3) is 2.10. The minimum Gasteiger partial charge on any atom is -0.355 e. The standard InChI is InChI=1S/C12H17ClN2/c1-9-4-5-11(14-6-9)15-7-10(13)12(2,3)8-15/h4-6,10H,7-8H2,1-3H3. The number of aryl methyl sites for hydroxylation is 1. The van der Waals surface area contributed by atoms with Crippen molar-refractivity contribution in [2.75, 3.05) is 18.0 Å². The molecular formula is C12H17ClN2. The van der Waals surface area contributed by atoms with Crippen molar-refractivity contribution in [3.63, 3.8) is 0 Å². The smallest absolute Gasteiger partial charge is 0.128 e. The molecular weight excluding hydrogens is 208 g/mol. The molecule has 15 heavy (non-hydrogen) atoms. The monoisotopic (exact) mass is 224 g/mol. The molecule has 0 bridgehead atoms. The first-order valence-electron chi connectivity index (χ1n) is 5.31. The Labute approximate surface area is 96.3 Å². The topological polar surface area (TPSA) is 16.1 Å². The molecule has 1 fully saturated rings. The van der Waals surface area contributed by atoms with Crippen LogP contribution in [0.25, 0.3) is 0 Å². The van der Waals surface area contributed by atoms with Crippen LogP contribution in [0.15, 0.2) is 18.3 Å². The minimum absolute atomic E-state index is 0.175. The van der Waals surface area contributed by atoms with Gasteiger partial charge in [-0.15, -0.1) is 11.6 Å². The minimum atomic E-state index is 0.175. The van der Waals surface area contributed by atoms with Crippen LogP contribution in [0.4, 0.5) is 5.82 Å². The molecule has 2 rings (SSSR count). The first-order valence-corrected chi connectivity index (χ1v) is 5.74. The van der Waals surface area contributed by atoms with Crippen molar-refractivity contribution in [2.45, 2.75) is 26.1 Å². The van der Waals surface area contributed by atoms with Gasteiger partial charge in [0, 0.05) is 24.7 Å². The number of nitrogens with zero attached hydrogens (tertiary/aromatic N) is 2. The van der Waals surface area contributed by atoms with Crippen LogP contribution in [0, 0.1) is 12.3 Å². The molecule has 0 N–H and O–H groups in total. The summed E-state index contributed by atoms with van der Waals surface area (Å²) in [5.41, 5.74) is 1.37. The molecule has 1 saturated heterocycles. The van der Waals surface area contributed by atoms with Gasteiger partial charge in [0.2, 0.25) is 0 Å². The molecule has 2 heterocycles. The summed E-state index contributed by atoms with van der Waals surface area (Å²) in [7, 11) is 0. The van der Waals surface area contributed by atoms with Gasteiger partial charge in [-0.2, -0.15) is 0 Å². The van der Waals surface area contributed by atoms with E-state index in [0.717, 1.165) is 18.9 Å². The Balaban J connectivity index is 2.17. The second-order valence-corrected chi connectivity index (χ2v) is 5.56. The summed E-state index contributed by atoms with van der Waals surface area (Å²) >= 11 is 6.31. The van der Waals surface area contributed by atoms with Crippen molar-refractivity contribution >= 4 is 17.4 Å². The zero-order chi connectivity index (χ0) is 11.1. The number of pyridine rings is 1. The van der Waals surface area contributed by atoms with E-state index >= 15 is 0 Å². The summed E-state index contributed by atoms with van der Waals surface area (Å²) in [4.78, 5) is 6.69. The van der Waals surface area contributed by atoms with E-state index in [-0.39, 0.29) is 10.8 Å². The molecule has 1 aromatic heterocycles. The van der Waals surface area contributed by atoms with Gasteiger partial charge in [-0.05, 0) is 18.6 Å². The Bertz CT molecular complexity index is 345. The Hall–Kier alpha value is -0.760. The average molecular weight is 225 g/mol. The first kappa shape index (κ1) is 10.7. The number of hydrogen-bond donors (Lipinski definition) is 0. The van der Waals surface area contributed by atoms with Crippen molar-refractivity contribution in [3.05, 3.63) is 23.9 Å². The molecule has 0 radical (unpaired) electrons. The number of alkyl halides is 1. The lowest BCUT2D eigenvalue weighted by Gasteiger charge is -2.21. The maximum atomic E-state index is 6.31. The fraction of sp³-hybridized carbons (Fsp3) is 0.583. The summed E-state index contributed by atoms with van der Waals surface area (Å²) < 4.78 is 0. The quantitative estimate of drug-likeness (QED) is 0.682. The van der Waals surface area contributed by atoms with Crippen molar-refractivity contribution in [3.8, 4) is 0 Å². The summed E-state index contributed by atoms with van der Waals surface area (Å²) in [5.74, 6) is 1.04. The van der Waals surface area contributed by atoms with Crippen LogP contribution in [-0.2, 0) is 0 Å². The second-order valence-electron chi connectivity index (χ2n) is 5.03. The largest absolute Gasteiger partial charge is 0.355 e. The highest BCUT2D eigenvalue weighted by atomic mass is 35.5. The SMILES string of the molecule is Cc1ccc(N2CC(Cl)C(C)(C)C2)nc1. The fourth-order valence-corrected chi connectivity index (χ4v) is 2.15. The van der Waals surface area contributed by atoms with Crippen molar-refractivity contribution < 1.29 is 0 Å². The van der Waals surface area contributed by atoms with Gasteiger partial charge in [0.25, 0.3) is 0 Å². The van der Waals surface area contributed by atoms with Crippen LogP contribution >= 0.6 is 11.6 Å². The van der Waals surface area contributed by atoms with E-state index in [1.54, 1.807) is 0 Å². The molecule has 82 valence electrons. The molecule has 2 nitrogen and oxygen atoms in total. The highest BCUT2D eigenvalue weighted by Crippen LogP contribution is 2.35. The number of hydrogen-bond acceptors (Lipinski definition) is 2. The molecule has 1 unspecified atom stereocenters. The van der Waals surface area contributed by atoms with Crippen molar-refractivity contribution in [1.82, 2.24) is 4.98 Å². The van der Waals surface area contributed by atoms with Gasteiger partial charge in [-0.25, -0.2) is 4.98 Å². The molecule has 1 aliphatic heterocycles. The Morgan fingerprint density at radius 3 is 2.67 bits per heavy atom. The van der Waals surface area contributed by atoms with Crippen molar-refractivity contribution in [1.29, 1.82) is 0 Å². The number of anilines is 1. The van der Waals surface area contributed by atoms with E-state index in [0.29, 0.717) is 0 Å². The zero-order valence-electron chi connectivity index (χ0n) is 9.50. The van der Waals surface area contributed by atoms with Crippen LogP contribution in [0.1, 0.15) is 19.4 Å². The lowest BCUT2D eigenvalue weighted by atomic mass is 9.92. The van der Waals surface area contributed by atoms with Gasteiger partial charge in [-0.1, -0.05) is 19.9 Å². The maximum absolute atomic E-state index is 6.31. The third-order valence-corrected chi connectivity index (χ3v) is 3.78. The van der Waals surface area contributed by atoms with E-state index in [4.69, 9.17) is 11.6 Å². The number of rotatable bonds is 1. The lowest BCUT2D eigenvalue weighted by Crippen LogP contribution is -2.24. The summed E-state index contributed by atoms with van der Waals surface area (Å²) in [6.07, 6.45) is 1.91. The number of aromatic nitrogens is 1. The molecule has 1 aromatic rings. The molecule has 0 spiro atoms. The van der Waals surface area contributed by atoms with Gasteiger partial charge in [0.15, 0.2) is 0 Å². The van der Waals surface area contributed by atoms with Gasteiger partial charge in [0.1, 0.15) is 5.82 Å². The average Bonchev–Trinajstić information content (AvgIpc) is 2.42. The lowest BCUT2D eigenvalue weighted by molar-refractivity contribution is 0.425. The van der Waals surface area contributed by atoms with E-state index in [1.807, 2.05) is 6.20 Å². The van der Waals surface area contributed by atoms with Crippen molar-refractivity contribution in [2.24, 2.45) is 5.41 Å². The van der Waals surface area contributed by atoms with Gasteiger partial charge < -0.3 is 4.90 Å². The van der Waals surface area contributed by atoms with Gasteiger partial charge in [-0.3, -0.25) is 0 Å². The Morgan fingerprint density at radius 2 is 2.20 bits per heavy atom. The van der Waals surface area contributed by atoms with E-state index in [9.17, 15) is 0 Å². The van der Waals surface area contributed by atoms with Crippen LogP contribution in [0.5, 0.6) is 0 Å². The maximum Gasteiger partial charge on any atom is 0.128 e. The van der Waals surface area contributed by atoms with Crippen LogP contribution in [0.3, 0.4) is 0 Å². The molecule has 1 aliphatic rings. The van der Waals surface area contributed by atoms with Crippen LogP contribution in [0.2, 0.25) is 0 Å². The zero-order valence-corrected chi connectivity index (χ0v) is 10.3. The first-order chi connectivity index (χ1) is 6.99. The van der Waals surface area contributed by atoms with E-state index < -0.39 is 0 Å². The summed E-state index contributed by atoms with van der Waals surface area (Å²) in [6, 6.07) is 4.16. The van der Waals surface area contributed by atoms with E-state index in [2.05, 4.69) is 42.8 Å². The molecule has 0 aliphatic carbocycles. The Morgan fingerprint density at radius 1 is 1.47 bits per heavy atom. The summed E-state index contributed by atoms with van der Waals surface area (Å²) in [6.45, 7) is 8.34. The van der Waals surface area contributed by atoms with Crippen LogP contribution in [-0.4, -0.2) is 23.5 Å². The number of halogens is 1. The van der Waals surface area contributed by atoms with Crippen LogP contribution < -0.4 is 4.90 Å². The molecule has 0 saturated carbocycles. The fourth-order valence-electron chi connectivity index (χ4n) is 1.92. The predicted molar refractivity (Wildman–Crippen MR) is 64.6 cm³/mol. The molecule has 3 heteroatoms. The molecule has 0 aromatic carbocycles. The molecule has 0 amide bonds. The van der Waals surface area contributed by atoms with Gasteiger partial charge in [0.05, 0.1) is 5.38 Å². The van der Waals surface area contributed by atoms with E-state index in [1.165, 1.54) is 5.56 Å². The Kier molecular flexibility index (Phi) is 2.63. The highest BCUT2D eigenvalue weighted by molar-refractivity contribution is 6.21. The predicted octanol–water partition coefficient (Wildman–Crippen LogP) is 2.84. The normalized spacial score (nSPS) is 24.5. The summed E-state index contributed by atoms with van der Waals surface area (Å²) in [5, 5.41) is 0.209.